The zero-order valence-electron chi connectivity index (χ0n) is 10.6. The number of nitrogens with zero attached hydrogens (tertiary/aromatic N) is 1. The molecule has 4 nitrogen and oxygen atoms in total. The Bertz CT molecular complexity index is 422. The molecule has 0 aliphatic carbocycles. The van der Waals surface area contributed by atoms with E-state index in [9.17, 15) is 0 Å². The fraction of sp³-hybridized carbons (Fsp3) is 0.571. The monoisotopic (exact) mass is 248 g/mol. The van der Waals surface area contributed by atoms with Gasteiger partial charge in [-0.05, 0) is 30.5 Å². The Hall–Kier alpha value is -1.26. The minimum absolute atomic E-state index is 0.309. The van der Waals surface area contributed by atoms with Crippen LogP contribution in [-0.4, -0.2) is 24.8 Å². The second-order valence-corrected chi connectivity index (χ2v) is 5.01. The molecule has 98 valence electrons. The lowest BCUT2D eigenvalue weighted by molar-refractivity contribution is 0.169. The topological polar surface area (TPSA) is 47.7 Å². The number of hydrogen-bond acceptors (Lipinski definition) is 4. The summed E-state index contributed by atoms with van der Waals surface area (Å²) in [6.45, 7) is 2.24. The predicted octanol–water partition coefficient (Wildman–Crippen LogP) is 2.25. The van der Waals surface area contributed by atoms with Gasteiger partial charge >= 0.3 is 0 Å². The van der Waals surface area contributed by atoms with Crippen LogP contribution in [0.4, 0.5) is 0 Å². The first-order chi connectivity index (χ1) is 8.84. The average Bonchev–Trinajstić information content (AvgIpc) is 2.63. The van der Waals surface area contributed by atoms with Crippen molar-refractivity contribution < 1.29 is 9.47 Å². The number of ether oxygens (including phenoxy) is 2. The molecule has 1 atom stereocenters. The molecule has 4 heteroatoms. The highest BCUT2D eigenvalue weighted by Crippen LogP contribution is 2.35. The summed E-state index contributed by atoms with van der Waals surface area (Å²) in [6.07, 6.45) is 4.83. The standard InChI is InChI=1S/C14H20N2O2/c15-16-7-3-1-2-4-12(16)11-5-6-13-14(10-11)18-9-8-17-13/h5-6,10,12H,1-4,7-9,15H2. The third kappa shape index (κ3) is 2.31. The highest BCUT2D eigenvalue weighted by atomic mass is 16.6. The smallest absolute Gasteiger partial charge is 0.161 e. The highest BCUT2D eigenvalue weighted by molar-refractivity contribution is 5.44. The van der Waals surface area contributed by atoms with Crippen molar-refractivity contribution in [3.8, 4) is 11.5 Å². The third-order valence-corrected chi connectivity index (χ3v) is 3.75. The van der Waals surface area contributed by atoms with Crippen LogP contribution >= 0.6 is 0 Å². The molecule has 0 radical (unpaired) electrons. The molecule has 0 amide bonds. The summed E-state index contributed by atoms with van der Waals surface area (Å²) >= 11 is 0. The lowest BCUT2D eigenvalue weighted by atomic mass is 10.0. The van der Waals surface area contributed by atoms with E-state index >= 15 is 0 Å². The number of nitrogens with two attached hydrogens (primary N) is 1. The Morgan fingerprint density at radius 3 is 2.78 bits per heavy atom. The van der Waals surface area contributed by atoms with Gasteiger partial charge in [0.1, 0.15) is 13.2 Å². The van der Waals surface area contributed by atoms with Crippen molar-refractivity contribution in [1.82, 2.24) is 5.01 Å². The van der Waals surface area contributed by atoms with Gasteiger partial charge < -0.3 is 9.47 Å². The van der Waals surface area contributed by atoms with E-state index in [1.54, 1.807) is 0 Å². The second-order valence-electron chi connectivity index (χ2n) is 5.01. The second kappa shape index (κ2) is 5.16. The van der Waals surface area contributed by atoms with Gasteiger partial charge in [-0.1, -0.05) is 18.9 Å². The van der Waals surface area contributed by atoms with Crippen molar-refractivity contribution in [2.45, 2.75) is 31.7 Å². The van der Waals surface area contributed by atoms with Crippen LogP contribution in [-0.2, 0) is 0 Å². The SMILES string of the molecule is NN1CCCCCC1c1ccc2c(c1)OCCO2. The summed E-state index contributed by atoms with van der Waals surface area (Å²) in [5.41, 5.74) is 1.24. The van der Waals surface area contributed by atoms with E-state index in [4.69, 9.17) is 15.3 Å². The Kier molecular flexibility index (Phi) is 3.39. The molecule has 1 aromatic rings. The summed E-state index contributed by atoms with van der Waals surface area (Å²) in [4.78, 5) is 0. The average molecular weight is 248 g/mol. The van der Waals surface area contributed by atoms with E-state index in [2.05, 4.69) is 12.1 Å². The van der Waals surface area contributed by atoms with Crippen LogP contribution in [0.15, 0.2) is 18.2 Å². The molecular weight excluding hydrogens is 228 g/mol. The van der Waals surface area contributed by atoms with Gasteiger partial charge in [0, 0.05) is 12.6 Å². The number of fused-ring (bicyclic) bond motifs is 1. The van der Waals surface area contributed by atoms with Gasteiger partial charge in [-0.25, -0.2) is 5.01 Å². The maximum Gasteiger partial charge on any atom is 0.161 e. The zero-order valence-corrected chi connectivity index (χ0v) is 10.6. The highest BCUT2D eigenvalue weighted by Gasteiger charge is 2.22. The first kappa shape index (κ1) is 11.8. The van der Waals surface area contributed by atoms with Gasteiger partial charge in [0.05, 0.1) is 0 Å². The Morgan fingerprint density at radius 2 is 1.89 bits per heavy atom. The van der Waals surface area contributed by atoms with Crippen molar-refractivity contribution >= 4 is 0 Å². The maximum absolute atomic E-state index is 6.15. The largest absolute Gasteiger partial charge is 0.486 e. The quantitative estimate of drug-likeness (QED) is 0.774. The Labute approximate surface area is 108 Å². The molecule has 2 aliphatic rings. The maximum atomic E-state index is 6.15. The van der Waals surface area contributed by atoms with Crippen molar-refractivity contribution in [1.29, 1.82) is 0 Å². The number of hydrazine groups is 1. The fourth-order valence-electron chi connectivity index (χ4n) is 2.76. The summed E-state index contributed by atoms with van der Waals surface area (Å²) in [5, 5.41) is 1.97. The number of benzene rings is 1. The van der Waals surface area contributed by atoms with Crippen molar-refractivity contribution in [3.63, 3.8) is 0 Å². The molecular formula is C14H20N2O2. The van der Waals surface area contributed by atoms with Gasteiger partial charge in [0.2, 0.25) is 0 Å². The van der Waals surface area contributed by atoms with E-state index in [0.29, 0.717) is 19.3 Å². The Morgan fingerprint density at radius 1 is 1.06 bits per heavy atom. The zero-order chi connectivity index (χ0) is 12.4. The van der Waals surface area contributed by atoms with Gasteiger partial charge in [0.15, 0.2) is 11.5 Å². The van der Waals surface area contributed by atoms with E-state index in [0.717, 1.165) is 24.5 Å². The minimum atomic E-state index is 0.309. The van der Waals surface area contributed by atoms with E-state index in [1.807, 2.05) is 11.1 Å². The molecule has 2 N–H and O–H groups in total. The lowest BCUT2D eigenvalue weighted by Gasteiger charge is -2.27. The molecule has 1 fully saturated rings. The van der Waals surface area contributed by atoms with Crippen molar-refractivity contribution in [3.05, 3.63) is 23.8 Å². The normalized spacial score (nSPS) is 24.6. The fourth-order valence-corrected chi connectivity index (χ4v) is 2.76. The summed E-state index contributed by atoms with van der Waals surface area (Å²) in [6, 6.07) is 6.51. The molecule has 0 bridgehead atoms. The first-order valence-electron chi connectivity index (χ1n) is 6.75. The minimum Gasteiger partial charge on any atom is -0.486 e. The summed E-state index contributed by atoms with van der Waals surface area (Å²) in [5.74, 6) is 7.86. The molecule has 0 saturated carbocycles. The lowest BCUT2D eigenvalue weighted by Crippen LogP contribution is -2.35. The predicted molar refractivity (Wildman–Crippen MR) is 69.5 cm³/mol. The van der Waals surface area contributed by atoms with Crippen LogP contribution in [0.3, 0.4) is 0 Å². The third-order valence-electron chi connectivity index (χ3n) is 3.75. The molecule has 0 spiro atoms. The van der Waals surface area contributed by atoms with Gasteiger partial charge in [0.25, 0.3) is 0 Å². The van der Waals surface area contributed by atoms with Crippen LogP contribution in [0.1, 0.15) is 37.3 Å². The van der Waals surface area contributed by atoms with Crippen molar-refractivity contribution in [2.24, 2.45) is 5.84 Å². The van der Waals surface area contributed by atoms with Crippen LogP contribution in [0.5, 0.6) is 11.5 Å². The molecule has 1 unspecified atom stereocenters. The Balaban J connectivity index is 1.86. The number of rotatable bonds is 1. The molecule has 1 saturated heterocycles. The van der Waals surface area contributed by atoms with Gasteiger partial charge in [-0.15, -0.1) is 0 Å². The number of hydrogen-bond donors (Lipinski definition) is 1. The summed E-state index contributed by atoms with van der Waals surface area (Å²) < 4.78 is 11.2. The molecule has 1 aromatic carbocycles. The van der Waals surface area contributed by atoms with E-state index < -0.39 is 0 Å². The van der Waals surface area contributed by atoms with Crippen LogP contribution in [0.25, 0.3) is 0 Å². The van der Waals surface area contributed by atoms with Crippen LogP contribution < -0.4 is 15.3 Å². The molecule has 18 heavy (non-hydrogen) atoms. The molecule has 3 rings (SSSR count). The van der Waals surface area contributed by atoms with Gasteiger partial charge in [-0.2, -0.15) is 0 Å². The summed E-state index contributed by atoms with van der Waals surface area (Å²) in [7, 11) is 0. The first-order valence-corrected chi connectivity index (χ1v) is 6.75. The van der Waals surface area contributed by atoms with Crippen LogP contribution in [0.2, 0.25) is 0 Å². The molecule has 2 aliphatic heterocycles. The molecule has 0 aromatic heterocycles. The molecule has 2 heterocycles. The van der Waals surface area contributed by atoms with Crippen LogP contribution in [0, 0.1) is 0 Å². The van der Waals surface area contributed by atoms with Crippen molar-refractivity contribution in [2.75, 3.05) is 19.8 Å². The van der Waals surface area contributed by atoms with Gasteiger partial charge in [-0.3, -0.25) is 5.84 Å². The van der Waals surface area contributed by atoms with E-state index in [1.165, 1.54) is 24.8 Å². The van der Waals surface area contributed by atoms with E-state index in [-0.39, 0.29) is 0 Å².